The van der Waals surface area contributed by atoms with Gasteiger partial charge in [0.1, 0.15) is 5.69 Å². The summed E-state index contributed by atoms with van der Waals surface area (Å²) in [5.41, 5.74) is 0.574. The number of hydrogen-bond acceptors (Lipinski definition) is 4. The average molecular weight is 126 g/mol. The monoisotopic (exact) mass is 126 g/mol. The Hall–Kier alpha value is -0.990. The van der Waals surface area contributed by atoms with Crippen LogP contribution in [-0.4, -0.2) is 10.5 Å². The van der Waals surface area contributed by atoms with Gasteiger partial charge in [-0.25, -0.2) is 4.79 Å². The maximum atomic E-state index is 9.56. The molecule has 0 aliphatic heterocycles. The van der Waals surface area contributed by atoms with Crippen molar-refractivity contribution in [3.63, 3.8) is 0 Å². The van der Waals surface area contributed by atoms with Gasteiger partial charge in [0.25, 0.3) is 0 Å². The fraction of sp³-hybridized carbons (Fsp3) is 0. The Labute approximate surface area is 49.9 Å². The first-order valence-electron chi connectivity index (χ1n) is 1.91. The SMILES string of the molecule is O=C=Nc1cnsc1. The molecule has 0 aromatic carbocycles. The maximum absolute atomic E-state index is 9.56. The molecule has 3 nitrogen and oxygen atoms in total. The third-order valence-corrected chi connectivity index (χ3v) is 1.17. The van der Waals surface area contributed by atoms with Gasteiger partial charge in [0, 0.05) is 5.38 Å². The molecule has 8 heavy (non-hydrogen) atoms. The standard InChI is InChI=1S/C4H2N2OS/c7-3-5-4-1-6-8-2-4/h1-2H. The molecule has 0 spiro atoms. The van der Waals surface area contributed by atoms with Crippen LogP contribution in [-0.2, 0) is 4.79 Å². The first-order chi connectivity index (χ1) is 3.93. The Morgan fingerprint density at radius 3 is 3.25 bits per heavy atom. The Kier molecular flexibility index (Phi) is 1.51. The first kappa shape index (κ1) is 5.15. The van der Waals surface area contributed by atoms with Crippen molar-refractivity contribution in [3.05, 3.63) is 11.6 Å². The third-order valence-electron chi connectivity index (χ3n) is 0.594. The molecule has 1 heterocycles. The zero-order chi connectivity index (χ0) is 5.82. The highest BCUT2D eigenvalue weighted by Gasteiger charge is 1.84. The fourth-order valence-corrected chi connectivity index (χ4v) is 0.758. The van der Waals surface area contributed by atoms with Crippen LogP contribution in [0, 0.1) is 0 Å². The normalized spacial score (nSPS) is 8.00. The molecule has 0 atom stereocenters. The van der Waals surface area contributed by atoms with Crippen LogP contribution < -0.4 is 0 Å². The molecular formula is C4H2N2OS. The largest absolute Gasteiger partial charge is 0.240 e. The number of aromatic nitrogens is 1. The van der Waals surface area contributed by atoms with Crippen LogP contribution >= 0.6 is 11.5 Å². The smallest absolute Gasteiger partial charge is 0.211 e. The molecule has 0 saturated heterocycles. The number of hydrogen-bond donors (Lipinski definition) is 0. The van der Waals surface area contributed by atoms with Crippen molar-refractivity contribution in [1.29, 1.82) is 0 Å². The van der Waals surface area contributed by atoms with Gasteiger partial charge >= 0.3 is 0 Å². The lowest BCUT2D eigenvalue weighted by Gasteiger charge is -1.67. The van der Waals surface area contributed by atoms with Gasteiger partial charge < -0.3 is 0 Å². The van der Waals surface area contributed by atoms with Crippen LogP contribution in [0.4, 0.5) is 5.69 Å². The number of carbonyl (C=O) groups excluding carboxylic acids is 1. The molecule has 1 aromatic heterocycles. The molecule has 1 aromatic rings. The van der Waals surface area contributed by atoms with Gasteiger partial charge in [-0.3, -0.25) is 0 Å². The second kappa shape index (κ2) is 2.35. The molecule has 0 fully saturated rings. The summed E-state index contributed by atoms with van der Waals surface area (Å²) in [5, 5.41) is 1.67. The number of aliphatic imine (C=N–C) groups is 1. The van der Waals surface area contributed by atoms with E-state index in [0.29, 0.717) is 5.69 Å². The lowest BCUT2D eigenvalue weighted by Crippen LogP contribution is -1.49. The van der Waals surface area contributed by atoms with E-state index in [9.17, 15) is 4.79 Å². The Balaban J connectivity index is 2.93. The second-order valence-corrected chi connectivity index (χ2v) is 1.74. The zero-order valence-electron chi connectivity index (χ0n) is 3.87. The summed E-state index contributed by atoms with van der Waals surface area (Å²) in [6.07, 6.45) is 2.92. The van der Waals surface area contributed by atoms with E-state index in [4.69, 9.17) is 0 Å². The highest BCUT2D eigenvalue weighted by molar-refractivity contribution is 7.03. The first-order valence-corrected chi connectivity index (χ1v) is 2.74. The van der Waals surface area contributed by atoms with E-state index in [1.54, 1.807) is 5.38 Å². The molecule has 0 bridgehead atoms. The van der Waals surface area contributed by atoms with Gasteiger partial charge in [0.15, 0.2) is 0 Å². The summed E-state index contributed by atoms with van der Waals surface area (Å²) >= 11 is 1.26. The van der Waals surface area contributed by atoms with Crippen LogP contribution in [0.3, 0.4) is 0 Å². The van der Waals surface area contributed by atoms with Crippen molar-refractivity contribution >= 4 is 23.3 Å². The topological polar surface area (TPSA) is 42.3 Å². The molecule has 0 unspecified atom stereocenters. The van der Waals surface area contributed by atoms with Gasteiger partial charge in [-0.05, 0) is 11.5 Å². The van der Waals surface area contributed by atoms with Crippen molar-refractivity contribution in [1.82, 2.24) is 4.37 Å². The van der Waals surface area contributed by atoms with Crippen LogP contribution in [0.1, 0.15) is 0 Å². The van der Waals surface area contributed by atoms with Crippen LogP contribution in [0.15, 0.2) is 16.6 Å². The lowest BCUT2D eigenvalue weighted by atomic mass is 10.6. The number of isocyanates is 1. The molecule has 0 saturated carbocycles. The molecule has 0 amide bonds. The Morgan fingerprint density at radius 2 is 2.75 bits per heavy atom. The van der Waals surface area contributed by atoms with E-state index in [0.717, 1.165) is 0 Å². The Morgan fingerprint density at radius 1 is 1.88 bits per heavy atom. The third kappa shape index (κ3) is 0.992. The maximum Gasteiger partial charge on any atom is 0.240 e. The minimum Gasteiger partial charge on any atom is -0.211 e. The van der Waals surface area contributed by atoms with E-state index < -0.39 is 0 Å². The quantitative estimate of drug-likeness (QED) is 0.418. The van der Waals surface area contributed by atoms with Crippen molar-refractivity contribution in [2.75, 3.05) is 0 Å². The lowest BCUT2D eigenvalue weighted by molar-refractivity contribution is 0.565. The summed E-state index contributed by atoms with van der Waals surface area (Å²) < 4.78 is 3.71. The molecule has 40 valence electrons. The minimum atomic E-state index is 0.574. The van der Waals surface area contributed by atoms with Gasteiger partial charge in [0.05, 0.1) is 6.20 Å². The summed E-state index contributed by atoms with van der Waals surface area (Å²) in [5.74, 6) is 0. The van der Waals surface area contributed by atoms with Gasteiger partial charge in [-0.1, -0.05) is 0 Å². The van der Waals surface area contributed by atoms with E-state index in [-0.39, 0.29) is 0 Å². The van der Waals surface area contributed by atoms with Crippen molar-refractivity contribution in [3.8, 4) is 0 Å². The summed E-state index contributed by atoms with van der Waals surface area (Å²) in [4.78, 5) is 12.9. The van der Waals surface area contributed by atoms with E-state index in [1.165, 1.54) is 23.8 Å². The predicted molar refractivity (Wildman–Crippen MR) is 29.9 cm³/mol. The van der Waals surface area contributed by atoms with E-state index in [1.807, 2.05) is 0 Å². The summed E-state index contributed by atoms with van der Waals surface area (Å²) in [6.45, 7) is 0. The summed E-state index contributed by atoms with van der Waals surface area (Å²) in [7, 11) is 0. The fourth-order valence-electron chi connectivity index (χ4n) is 0.307. The molecule has 0 radical (unpaired) electrons. The zero-order valence-corrected chi connectivity index (χ0v) is 4.68. The van der Waals surface area contributed by atoms with E-state index >= 15 is 0 Å². The van der Waals surface area contributed by atoms with Crippen LogP contribution in [0.5, 0.6) is 0 Å². The molecule has 1 rings (SSSR count). The molecule has 4 heteroatoms. The molecule has 0 aliphatic carbocycles. The molecule has 0 aliphatic rings. The Bertz CT molecular complexity index is 200. The molecular weight excluding hydrogens is 124 g/mol. The van der Waals surface area contributed by atoms with Crippen molar-refractivity contribution < 1.29 is 4.79 Å². The highest BCUT2D eigenvalue weighted by Crippen LogP contribution is 2.10. The summed E-state index contributed by atoms with van der Waals surface area (Å²) in [6, 6.07) is 0. The van der Waals surface area contributed by atoms with Gasteiger partial charge in [0.2, 0.25) is 6.08 Å². The van der Waals surface area contributed by atoms with Crippen LogP contribution in [0.2, 0.25) is 0 Å². The minimum absolute atomic E-state index is 0.574. The molecule has 0 N–H and O–H groups in total. The average Bonchev–Trinajstić information content (AvgIpc) is 2.19. The van der Waals surface area contributed by atoms with E-state index in [2.05, 4.69) is 9.37 Å². The highest BCUT2D eigenvalue weighted by atomic mass is 32.1. The van der Waals surface area contributed by atoms with Crippen molar-refractivity contribution in [2.45, 2.75) is 0 Å². The van der Waals surface area contributed by atoms with Gasteiger partial charge in [-0.2, -0.15) is 9.37 Å². The van der Waals surface area contributed by atoms with Gasteiger partial charge in [-0.15, -0.1) is 0 Å². The number of nitrogens with zero attached hydrogens (tertiary/aromatic N) is 2. The predicted octanol–water partition coefficient (Wildman–Crippen LogP) is 1.11. The van der Waals surface area contributed by atoms with Crippen LogP contribution in [0.25, 0.3) is 0 Å². The number of rotatable bonds is 1. The van der Waals surface area contributed by atoms with Crippen molar-refractivity contribution in [2.24, 2.45) is 4.99 Å². The second-order valence-electron chi connectivity index (χ2n) is 1.09.